The van der Waals surface area contributed by atoms with Gasteiger partial charge in [0.1, 0.15) is 0 Å². The van der Waals surface area contributed by atoms with Crippen molar-refractivity contribution in [3.05, 3.63) is 90.3 Å². The molecule has 7 heteroatoms. The predicted octanol–water partition coefficient (Wildman–Crippen LogP) is 3.23. The SMILES string of the molecule is CCN(c1ccc(C(=O)NCc2ccncc2)cc1)S(=O)(=O)c1ccccc1. The average molecular weight is 395 g/mol. The van der Waals surface area contributed by atoms with Crippen LogP contribution < -0.4 is 9.62 Å². The highest BCUT2D eigenvalue weighted by Gasteiger charge is 2.23. The van der Waals surface area contributed by atoms with Crippen molar-refractivity contribution in [1.29, 1.82) is 0 Å². The second kappa shape index (κ2) is 8.67. The molecular weight excluding hydrogens is 374 g/mol. The van der Waals surface area contributed by atoms with Crippen LogP contribution in [0.15, 0.2) is 84.0 Å². The van der Waals surface area contributed by atoms with Gasteiger partial charge in [-0.15, -0.1) is 0 Å². The van der Waals surface area contributed by atoms with E-state index in [9.17, 15) is 13.2 Å². The first kappa shape index (κ1) is 19.6. The lowest BCUT2D eigenvalue weighted by Crippen LogP contribution is -2.30. The number of amides is 1. The van der Waals surface area contributed by atoms with Gasteiger partial charge in [-0.05, 0) is 61.0 Å². The van der Waals surface area contributed by atoms with E-state index in [4.69, 9.17) is 0 Å². The average Bonchev–Trinajstić information content (AvgIpc) is 2.74. The van der Waals surface area contributed by atoms with Crippen molar-refractivity contribution in [2.45, 2.75) is 18.4 Å². The molecule has 0 spiro atoms. The van der Waals surface area contributed by atoms with Gasteiger partial charge in [-0.3, -0.25) is 14.1 Å². The summed E-state index contributed by atoms with van der Waals surface area (Å²) in [5.41, 5.74) is 1.93. The predicted molar refractivity (Wildman–Crippen MR) is 108 cm³/mol. The number of nitrogens with one attached hydrogen (secondary N) is 1. The number of carbonyl (C=O) groups excluding carboxylic acids is 1. The van der Waals surface area contributed by atoms with E-state index >= 15 is 0 Å². The molecule has 3 aromatic rings. The molecule has 1 N–H and O–H groups in total. The molecule has 6 nitrogen and oxygen atoms in total. The summed E-state index contributed by atoms with van der Waals surface area (Å²) in [5.74, 6) is -0.225. The number of hydrogen-bond donors (Lipinski definition) is 1. The van der Waals surface area contributed by atoms with E-state index in [0.717, 1.165) is 5.56 Å². The van der Waals surface area contributed by atoms with Crippen molar-refractivity contribution in [3.63, 3.8) is 0 Å². The minimum atomic E-state index is -3.66. The van der Waals surface area contributed by atoms with Crippen LogP contribution in [-0.2, 0) is 16.6 Å². The van der Waals surface area contributed by atoms with Crippen molar-refractivity contribution in [2.24, 2.45) is 0 Å². The number of benzene rings is 2. The van der Waals surface area contributed by atoms with Gasteiger partial charge in [-0.25, -0.2) is 8.42 Å². The van der Waals surface area contributed by atoms with Crippen LogP contribution in [0.2, 0.25) is 0 Å². The number of nitrogens with zero attached hydrogens (tertiary/aromatic N) is 2. The molecule has 144 valence electrons. The topological polar surface area (TPSA) is 79.4 Å². The third-order valence-corrected chi connectivity index (χ3v) is 6.16. The molecule has 1 aromatic heterocycles. The molecule has 28 heavy (non-hydrogen) atoms. The van der Waals surface area contributed by atoms with E-state index < -0.39 is 10.0 Å². The van der Waals surface area contributed by atoms with Gasteiger partial charge in [-0.2, -0.15) is 0 Å². The number of hydrogen-bond acceptors (Lipinski definition) is 4. The summed E-state index contributed by atoms with van der Waals surface area (Å²) in [6, 6.07) is 18.5. The van der Waals surface area contributed by atoms with Gasteiger partial charge >= 0.3 is 0 Å². The van der Waals surface area contributed by atoms with Crippen molar-refractivity contribution in [2.75, 3.05) is 10.8 Å². The first-order chi connectivity index (χ1) is 13.5. The fraction of sp³-hybridized carbons (Fsp3) is 0.143. The van der Waals surface area contributed by atoms with Crippen LogP contribution in [0.4, 0.5) is 5.69 Å². The van der Waals surface area contributed by atoms with E-state index in [-0.39, 0.29) is 17.3 Å². The van der Waals surface area contributed by atoms with Gasteiger partial charge in [0.05, 0.1) is 10.6 Å². The molecule has 0 saturated carbocycles. The molecule has 0 unspecified atom stereocenters. The standard InChI is InChI=1S/C21H21N3O3S/c1-2-24(28(26,27)20-6-4-3-5-7-20)19-10-8-18(9-11-19)21(25)23-16-17-12-14-22-15-13-17/h3-15H,2,16H2,1H3,(H,23,25). The van der Waals surface area contributed by atoms with Gasteiger partial charge < -0.3 is 5.32 Å². The molecule has 0 aliphatic carbocycles. The van der Waals surface area contributed by atoms with Gasteiger partial charge in [0.25, 0.3) is 15.9 Å². The van der Waals surface area contributed by atoms with Crippen LogP contribution in [0.25, 0.3) is 0 Å². The lowest BCUT2D eigenvalue weighted by atomic mass is 10.2. The molecular formula is C21H21N3O3S. The molecule has 0 radical (unpaired) electrons. The summed E-state index contributed by atoms with van der Waals surface area (Å²) in [6.07, 6.45) is 3.34. The van der Waals surface area contributed by atoms with Crippen LogP contribution in [0.3, 0.4) is 0 Å². The van der Waals surface area contributed by atoms with Crippen LogP contribution in [0, 0.1) is 0 Å². The van der Waals surface area contributed by atoms with Gasteiger partial charge in [0.15, 0.2) is 0 Å². The van der Waals surface area contributed by atoms with Crippen LogP contribution in [0.1, 0.15) is 22.8 Å². The number of pyridine rings is 1. The quantitative estimate of drug-likeness (QED) is 0.666. The Bertz CT molecular complexity index is 1020. The highest BCUT2D eigenvalue weighted by atomic mass is 32.2. The lowest BCUT2D eigenvalue weighted by Gasteiger charge is -2.23. The number of anilines is 1. The molecule has 0 aliphatic heterocycles. The van der Waals surface area contributed by atoms with E-state index in [2.05, 4.69) is 10.3 Å². The van der Waals surface area contributed by atoms with Crippen LogP contribution in [-0.4, -0.2) is 25.9 Å². The molecule has 0 saturated heterocycles. The summed E-state index contributed by atoms with van der Waals surface area (Å²) in [4.78, 5) is 16.5. The Labute approximate surface area is 164 Å². The third-order valence-electron chi connectivity index (χ3n) is 4.24. The Morgan fingerprint density at radius 3 is 2.21 bits per heavy atom. The first-order valence-electron chi connectivity index (χ1n) is 8.87. The van der Waals surface area contributed by atoms with E-state index in [1.807, 2.05) is 12.1 Å². The first-order valence-corrected chi connectivity index (χ1v) is 10.3. The zero-order chi connectivity index (χ0) is 20.0. The smallest absolute Gasteiger partial charge is 0.264 e. The van der Waals surface area contributed by atoms with Crippen LogP contribution in [0.5, 0.6) is 0 Å². The molecule has 1 heterocycles. The minimum absolute atomic E-state index is 0.225. The van der Waals surface area contributed by atoms with Gasteiger partial charge in [0, 0.05) is 31.0 Å². The Morgan fingerprint density at radius 2 is 1.61 bits per heavy atom. The summed E-state index contributed by atoms with van der Waals surface area (Å²) in [6.45, 7) is 2.45. The van der Waals surface area contributed by atoms with Crippen molar-refractivity contribution in [1.82, 2.24) is 10.3 Å². The number of sulfonamides is 1. The molecule has 1 amide bonds. The fourth-order valence-electron chi connectivity index (χ4n) is 2.78. The highest BCUT2D eigenvalue weighted by Crippen LogP contribution is 2.23. The molecule has 0 fully saturated rings. The third kappa shape index (κ3) is 4.37. The second-order valence-electron chi connectivity index (χ2n) is 6.07. The summed E-state index contributed by atoms with van der Waals surface area (Å²) < 4.78 is 27.1. The maximum absolute atomic E-state index is 12.9. The Hall–Kier alpha value is -3.19. The Morgan fingerprint density at radius 1 is 0.964 bits per heavy atom. The molecule has 0 bridgehead atoms. The normalized spacial score (nSPS) is 11.0. The lowest BCUT2D eigenvalue weighted by molar-refractivity contribution is 0.0951. The molecule has 0 aliphatic rings. The number of carbonyl (C=O) groups is 1. The highest BCUT2D eigenvalue weighted by molar-refractivity contribution is 7.92. The van der Waals surface area contributed by atoms with E-state index in [1.54, 1.807) is 73.9 Å². The maximum Gasteiger partial charge on any atom is 0.264 e. The zero-order valence-electron chi connectivity index (χ0n) is 15.4. The largest absolute Gasteiger partial charge is 0.348 e. The number of aromatic nitrogens is 1. The van der Waals surface area contributed by atoms with Gasteiger partial charge in [0.2, 0.25) is 0 Å². The molecule has 2 aromatic carbocycles. The fourth-order valence-corrected chi connectivity index (χ4v) is 4.27. The second-order valence-corrected chi connectivity index (χ2v) is 7.93. The van der Waals surface area contributed by atoms with Crippen molar-refractivity contribution < 1.29 is 13.2 Å². The minimum Gasteiger partial charge on any atom is -0.348 e. The maximum atomic E-state index is 12.9. The molecule has 3 rings (SSSR count). The van der Waals surface area contributed by atoms with Crippen molar-refractivity contribution in [3.8, 4) is 0 Å². The summed E-state index contributed by atoms with van der Waals surface area (Å²) in [7, 11) is -3.66. The van der Waals surface area contributed by atoms with Crippen molar-refractivity contribution >= 4 is 21.6 Å². The summed E-state index contributed by atoms with van der Waals surface area (Å²) in [5, 5.41) is 2.84. The monoisotopic (exact) mass is 395 g/mol. The Kier molecular flexibility index (Phi) is 6.06. The van der Waals surface area contributed by atoms with E-state index in [0.29, 0.717) is 17.8 Å². The number of rotatable bonds is 7. The zero-order valence-corrected chi connectivity index (χ0v) is 16.3. The van der Waals surface area contributed by atoms with E-state index in [1.165, 1.54) is 4.31 Å². The van der Waals surface area contributed by atoms with Gasteiger partial charge in [-0.1, -0.05) is 18.2 Å². The van der Waals surface area contributed by atoms with Crippen LogP contribution >= 0.6 is 0 Å². The summed E-state index contributed by atoms with van der Waals surface area (Å²) >= 11 is 0. The Balaban J connectivity index is 1.74. The molecule has 0 atom stereocenters.